The first-order valence-electron chi connectivity index (χ1n) is 12.6. The lowest BCUT2D eigenvalue weighted by Crippen LogP contribution is -1.97. The molecular formula is C35H22N2. The SMILES string of the molecule is c1ccc(-c2cccc(-n3cc4c5c(cccc53)-c3ccccc3-c3cc5ccccc5cc3-4)n2)cc1. The second-order valence-corrected chi connectivity index (χ2v) is 9.65. The van der Waals surface area contributed by atoms with Crippen LogP contribution in [0, 0.1) is 0 Å². The summed E-state index contributed by atoms with van der Waals surface area (Å²) in [7, 11) is 0. The number of hydrogen-bond acceptors (Lipinski definition) is 1. The van der Waals surface area contributed by atoms with Crippen molar-refractivity contribution in [1.29, 1.82) is 0 Å². The lowest BCUT2D eigenvalue weighted by atomic mass is 9.91. The van der Waals surface area contributed by atoms with E-state index in [0.717, 1.165) is 17.1 Å². The van der Waals surface area contributed by atoms with Gasteiger partial charge >= 0.3 is 0 Å². The molecule has 2 heterocycles. The van der Waals surface area contributed by atoms with Crippen molar-refractivity contribution in [3.8, 4) is 50.5 Å². The predicted octanol–water partition coefficient (Wildman–Crippen LogP) is 9.16. The van der Waals surface area contributed by atoms with E-state index in [2.05, 4.69) is 132 Å². The van der Waals surface area contributed by atoms with Crippen LogP contribution < -0.4 is 0 Å². The summed E-state index contributed by atoms with van der Waals surface area (Å²) in [5.74, 6) is 0.922. The summed E-state index contributed by atoms with van der Waals surface area (Å²) in [5.41, 5.74) is 10.9. The van der Waals surface area contributed by atoms with E-state index in [1.165, 1.54) is 55.1 Å². The molecule has 1 aliphatic carbocycles. The van der Waals surface area contributed by atoms with E-state index in [1.54, 1.807) is 0 Å². The molecule has 0 bridgehead atoms. The highest BCUT2D eigenvalue weighted by molar-refractivity contribution is 6.15. The van der Waals surface area contributed by atoms with E-state index in [-0.39, 0.29) is 0 Å². The highest BCUT2D eigenvalue weighted by Crippen LogP contribution is 2.49. The van der Waals surface area contributed by atoms with Crippen LogP contribution >= 0.6 is 0 Å². The van der Waals surface area contributed by atoms with Gasteiger partial charge in [-0.05, 0) is 68.9 Å². The molecule has 0 saturated heterocycles. The maximum absolute atomic E-state index is 5.10. The summed E-state index contributed by atoms with van der Waals surface area (Å²) in [6.07, 6.45) is 2.28. The van der Waals surface area contributed by atoms with E-state index in [4.69, 9.17) is 4.98 Å². The molecule has 0 amide bonds. The van der Waals surface area contributed by atoms with Crippen molar-refractivity contribution in [3.05, 3.63) is 134 Å². The smallest absolute Gasteiger partial charge is 0.137 e. The highest BCUT2D eigenvalue weighted by Gasteiger charge is 2.24. The molecule has 2 aromatic heterocycles. The third kappa shape index (κ3) is 3.03. The quantitative estimate of drug-likeness (QED) is 0.246. The van der Waals surface area contributed by atoms with Crippen LogP contribution in [0.1, 0.15) is 0 Å². The normalized spacial score (nSPS) is 11.8. The van der Waals surface area contributed by atoms with Gasteiger partial charge in [0.2, 0.25) is 0 Å². The van der Waals surface area contributed by atoms with Crippen molar-refractivity contribution in [3.63, 3.8) is 0 Å². The number of nitrogens with zero attached hydrogens (tertiary/aromatic N) is 2. The molecule has 7 aromatic rings. The number of pyridine rings is 1. The van der Waals surface area contributed by atoms with Gasteiger partial charge in [0.15, 0.2) is 0 Å². The summed E-state index contributed by atoms with van der Waals surface area (Å²) in [6, 6.07) is 45.5. The molecule has 0 N–H and O–H groups in total. The number of rotatable bonds is 2. The molecular weight excluding hydrogens is 448 g/mol. The standard InChI is InChI=1S/C35H22N2/c1-2-10-23(11-3-1)32-17-9-19-34(36-32)37-22-31-30-21-25-13-5-4-12-24(25)20-29(30)27-15-7-6-14-26(27)28-16-8-18-33(37)35(28)31/h1-22H. The number of benzene rings is 5. The van der Waals surface area contributed by atoms with Gasteiger partial charge in [-0.1, -0.05) is 97.1 Å². The van der Waals surface area contributed by atoms with Gasteiger partial charge in [0.1, 0.15) is 5.82 Å². The largest absolute Gasteiger partial charge is 0.301 e. The minimum absolute atomic E-state index is 0.922. The number of hydrogen-bond donors (Lipinski definition) is 0. The third-order valence-electron chi connectivity index (χ3n) is 7.56. The summed E-state index contributed by atoms with van der Waals surface area (Å²) >= 11 is 0. The molecule has 2 nitrogen and oxygen atoms in total. The Morgan fingerprint density at radius 1 is 0.459 bits per heavy atom. The molecule has 0 saturated carbocycles. The summed E-state index contributed by atoms with van der Waals surface area (Å²) in [6.45, 7) is 0. The third-order valence-corrected chi connectivity index (χ3v) is 7.56. The second kappa shape index (κ2) is 7.78. The average Bonchev–Trinajstić information content (AvgIpc) is 3.32. The Hall–Kier alpha value is -4.95. The fourth-order valence-electron chi connectivity index (χ4n) is 5.87. The van der Waals surface area contributed by atoms with Gasteiger partial charge in [0.05, 0.1) is 11.2 Å². The van der Waals surface area contributed by atoms with Gasteiger partial charge in [-0.2, -0.15) is 0 Å². The van der Waals surface area contributed by atoms with Crippen LogP contribution in [-0.4, -0.2) is 9.55 Å². The Balaban J connectivity index is 1.46. The second-order valence-electron chi connectivity index (χ2n) is 9.65. The van der Waals surface area contributed by atoms with Crippen LogP contribution in [-0.2, 0) is 0 Å². The molecule has 0 fully saturated rings. The fraction of sp³-hybridized carbons (Fsp3) is 0. The van der Waals surface area contributed by atoms with Crippen molar-refractivity contribution in [2.24, 2.45) is 0 Å². The number of fused-ring (bicyclic) bond motifs is 6. The van der Waals surface area contributed by atoms with Crippen LogP contribution in [0.3, 0.4) is 0 Å². The van der Waals surface area contributed by atoms with E-state index in [1.807, 2.05) is 6.07 Å². The molecule has 0 radical (unpaired) electrons. The Morgan fingerprint density at radius 2 is 1.08 bits per heavy atom. The molecule has 0 unspecified atom stereocenters. The molecule has 5 aromatic carbocycles. The van der Waals surface area contributed by atoms with Crippen molar-refractivity contribution in [1.82, 2.24) is 9.55 Å². The molecule has 0 aliphatic heterocycles. The lowest BCUT2D eigenvalue weighted by molar-refractivity contribution is 1.05. The van der Waals surface area contributed by atoms with Crippen LogP contribution in [0.5, 0.6) is 0 Å². The van der Waals surface area contributed by atoms with Crippen molar-refractivity contribution in [2.75, 3.05) is 0 Å². The predicted molar refractivity (Wildman–Crippen MR) is 154 cm³/mol. The highest BCUT2D eigenvalue weighted by atomic mass is 15.1. The molecule has 172 valence electrons. The van der Waals surface area contributed by atoms with Gasteiger partial charge in [-0.15, -0.1) is 0 Å². The first kappa shape index (κ1) is 20.3. The first-order chi connectivity index (χ1) is 18.3. The zero-order valence-corrected chi connectivity index (χ0v) is 20.1. The van der Waals surface area contributed by atoms with Crippen LogP contribution in [0.4, 0.5) is 0 Å². The summed E-state index contributed by atoms with van der Waals surface area (Å²) in [4.78, 5) is 5.10. The first-order valence-corrected chi connectivity index (χ1v) is 12.6. The van der Waals surface area contributed by atoms with Gasteiger partial charge < -0.3 is 4.57 Å². The summed E-state index contributed by atoms with van der Waals surface area (Å²) in [5, 5.41) is 3.79. The van der Waals surface area contributed by atoms with Crippen LogP contribution in [0.15, 0.2) is 134 Å². The van der Waals surface area contributed by atoms with E-state index in [0.29, 0.717) is 0 Å². The monoisotopic (exact) mass is 470 g/mol. The summed E-state index contributed by atoms with van der Waals surface area (Å²) < 4.78 is 2.26. The van der Waals surface area contributed by atoms with Gasteiger partial charge in [-0.25, -0.2) is 4.98 Å². The Morgan fingerprint density at radius 3 is 1.86 bits per heavy atom. The van der Waals surface area contributed by atoms with E-state index in [9.17, 15) is 0 Å². The maximum Gasteiger partial charge on any atom is 0.137 e. The molecule has 0 spiro atoms. The zero-order chi connectivity index (χ0) is 24.3. The molecule has 8 rings (SSSR count). The molecule has 37 heavy (non-hydrogen) atoms. The van der Waals surface area contributed by atoms with E-state index < -0.39 is 0 Å². The average molecular weight is 471 g/mol. The van der Waals surface area contributed by atoms with Gasteiger partial charge in [0, 0.05) is 22.7 Å². The minimum Gasteiger partial charge on any atom is -0.301 e. The van der Waals surface area contributed by atoms with Crippen LogP contribution in [0.25, 0.3) is 72.1 Å². The van der Waals surface area contributed by atoms with Crippen molar-refractivity contribution in [2.45, 2.75) is 0 Å². The van der Waals surface area contributed by atoms with E-state index >= 15 is 0 Å². The minimum atomic E-state index is 0.922. The van der Waals surface area contributed by atoms with Gasteiger partial charge in [0.25, 0.3) is 0 Å². The van der Waals surface area contributed by atoms with Crippen LogP contribution in [0.2, 0.25) is 0 Å². The lowest BCUT2D eigenvalue weighted by Gasteiger charge is -2.13. The number of aromatic nitrogens is 2. The molecule has 0 atom stereocenters. The van der Waals surface area contributed by atoms with Crippen molar-refractivity contribution >= 4 is 21.7 Å². The fourth-order valence-corrected chi connectivity index (χ4v) is 5.87. The molecule has 1 aliphatic rings. The van der Waals surface area contributed by atoms with Crippen molar-refractivity contribution < 1.29 is 0 Å². The molecule has 2 heteroatoms. The maximum atomic E-state index is 5.10. The van der Waals surface area contributed by atoms with Gasteiger partial charge in [-0.3, -0.25) is 0 Å². The Kier molecular flexibility index (Phi) is 4.26. The zero-order valence-electron chi connectivity index (χ0n) is 20.1. The topological polar surface area (TPSA) is 17.8 Å². The Bertz CT molecular complexity index is 1980. The Labute approximate surface area is 215 Å².